The molecule has 0 bridgehead atoms. The number of aryl methyl sites for hydroxylation is 1. The van der Waals surface area contributed by atoms with Crippen LogP contribution in [-0.4, -0.2) is 11.8 Å². The van der Waals surface area contributed by atoms with Crippen LogP contribution in [-0.2, 0) is 4.79 Å². The predicted molar refractivity (Wildman–Crippen MR) is 66.7 cm³/mol. The monoisotopic (exact) mass is 253 g/mol. The number of hydrogen-bond acceptors (Lipinski definition) is 1. The van der Waals surface area contributed by atoms with Crippen molar-refractivity contribution in [2.45, 2.75) is 38.5 Å². The van der Waals surface area contributed by atoms with E-state index in [9.17, 15) is 13.6 Å². The summed E-state index contributed by atoms with van der Waals surface area (Å²) in [6.07, 6.45) is 0.540. The highest BCUT2D eigenvalue weighted by molar-refractivity contribution is 5.92. The van der Waals surface area contributed by atoms with Crippen molar-refractivity contribution in [2.24, 2.45) is 5.92 Å². The van der Waals surface area contributed by atoms with Crippen LogP contribution in [0.15, 0.2) is 24.3 Å². The van der Waals surface area contributed by atoms with Crippen molar-refractivity contribution in [1.82, 2.24) is 0 Å². The average Bonchev–Trinajstić information content (AvgIpc) is 2.27. The number of hydrogen-bond donors (Lipinski definition) is 1. The molecule has 0 saturated heterocycles. The molecule has 1 fully saturated rings. The number of carbonyl (C=O) groups is 1. The Kier molecular flexibility index (Phi) is 3.64. The molecule has 1 aromatic carbocycles. The van der Waals surface area contributed by atoms with Gasteiger partial charge in [-0.05, 0) is 37.5 Å². The van der Waals surface area contributed by atoms with Gasteiger partial charge in [-0.3, -0.25) is 4.79 Å². The Balaban J connectivity index is 2.00. The van der Waals surface area contributed by atoms with E-state index in [-0.39, 0.29) is 18.7 Å². The third-order valence-electron chi connectivity index (χ3n) is 3.30. The topological polar surface area (TPSA) is 29.1 Å². The summed E-state index contributed by atoms with van der Waals surface area (Å²) >= 11 is 0. The molecule has 2 rings (SSSR count). The highest BCUT2D eigenvalue weighted by Crippen LogP contribution is 2.37. The number of halogens is 2. The van der Waals surface area contributed by atoms with Gasteiger partial charge in [0.2, 0.25) is 11.8 Å². The first kappa shape index (κ1) is 13.0. The zero-order valence-corrected chi connectivity index (χ0v) is 10.4. The van der Waals surface area contributed by atoms with Crippen molar-refractivity contribution in [1.29, 1.82) is 0 Å². The number of carbonyl (C=O) groups excluding carboxylic acids is 1. The largest absolute Gasteiger partial charge is 0.326 e. The lowest BCUT2D eigenvalue weighted by molar-refractivity contribution is -0.127. The highest BCUT2D eigenvalue weighted by atomic mass is 19.3. The molecule has 0 spiro atoms. The minimum Gasteiger partial charge on any atom is -0.326 e. The van der Waals surface area contributed by atoms with Gasteiger partial charge in [-0.2, -0.15) is 0 Å². The van der Waals surface area contributed by atoms with E-state index in [1.165, 1.54) is 0 Å². The standard InChI is InChI=1S/C14H17F2NO/c1-10-4-2-6-12(8-10)17-13(18)11-5-3-7-14(15,16)9-11/h2,4,6,8,11H,3,5,7,9H2,1H3,(H,17,18)/t11-/m0/s1. The molecule has 0 heterocycles. The molecule has 1 N–H and O–H groups in total. The molecule has 1 aliphatic rings. The average molecular weight is 253 g/mol. The first-order chi connectivity index (χ1) is 8.46. The molecule has 2 nitrogen and oxygen atoms in total. The molecule has 18 heavy (non-hydrogen) atoms. The smallest absolute Gasteiger partial charge is 0.248 e. The van der Waals surface area contributed by atoms with Crippen molar-refractivity contribution in [3.63, 3.8) is 0 Å². The molecule has 1 amide bonds. The summed E-state index contributed by atoms with van der Waals surface area (Å²) in [5, 5.41) is 2.72. The predicted octanol–water partition coefficient (Wildman–Crippen LogP) is 3.76. The van der Waals surface area contributed by atoms with Crippen LogP contribution in [0.2, 0.25) is 0 Å². The zero-order chi connectivity index (χ0) is 13.2. The van der Waals surface area contributed by atoms with Gasteiger partial charge in [0.25, 0.3) is 0 Å². The van der Waals surface area contributed by atoms with Crippen LogP contribution in [0.1, 0.15) is 31.2 Å². The van der Waals surface area contributed by atoms with E-state index < -0.39 is 11.8 Å². The molecular weight excluding hydrogens is 236 g/mol. The van der Waals surface area contributed by atoms with Crippen LogP contribution in [0.25, 0.3) is 0 Å². The van der Waals surface area contributed by atoms with Crippen LogP contribution >= 0.6 is 0 Å². The van der Waals surface area contributed by atoms with E-state index in [2.05, 4.69) is 5.32 Å². The van der Waals surface area contributed by atoms with E-state index in [4.69, 9.17) is 0 Å². The van der Waals surface area contributed by atoms with Crippen LogP contribution in [0.3, 0.4) is 0 Å². The molecule has 0 aromatic heterocycles. The lowest BCUT2D eigenvalue weighted by Crippen LogP contribution is -2.33. The summed E-state index contributed by atoms with van der Waals surface area (Å²) in [5.41, 5.74) is 1.70. The normalized spacial score (nSPS) is 22.5. The van der Waals surface area contributed by atoms with E-state index in [0.717, 1.165) is 5.56 Å². The molecule has 98 valence electrons. The van der Waals surface area contributed by atoms with Crippen molar-refractivity contribution in [2.75, 3.05) is 5.32 Å². The Hall–Kier alpha value is -1.45. The molecule has 4 heteroatoms. The summed E-state index contributed by atoms with van der Waals surface area (Å²) in [5.74, 6) is -3.55. The number of anilines is 1. The molecule has 1 aromatic rings. The third-order valence-corrected chi connectivity index (χ3v) is 3.30. The maximum Gasteiger partial charge on any atom is 0.248 e. The minimum absolute atomic E-state index is 0.0960. The Morgan fingerprint density at radius 2 is 2.22 bits per heavy atom. The molecule has 1 saturated carbocycles. The Morgan fingerprint density at radius 3 is 2.89 bits per heavy atom. The molecular formula is C14H17F2NO. The molecule has 1 aliphatic carbocycles. The summed E-state index contributed by atoms with van der Waals surface area (Å²) in [7, 11) is 0. The molecule has 1 atom stereocenters. The Bertz CT molecular complexity index is 445. The van der Waals surface area contributed by atoms with Crippen molar-refractivity contribution in [3.8, 4) is 0 Å². The fourth-order valence-corrected chi connectivity index (χ4v) is 2.36. The van der Waals surface area contributed by atoms with Gasteiger partial charge in [0, 0.05) is 24.4 Å². The number of benzene rings is 1. The van der Waals surface area contributed by atoms with E-state index in [0.29, 0.717) is 18.5 Å². The SMILES string of the molecule is Cc1cccc(NC(=O)[C@H]2CCCC(F)(F)C2)c1. The van der Waals surface area contributed by atoms with Gasteiger partial charge in [0.15, 0.2) is 0 Å². The van der Waals surface area contributed by atoms with Crippen LogP contribution in [0, 0.1) is 12.8 Å². The minimum atomic E-state index is -2.69. The van der Waals surface area contributed by atoms with Gasteiger partial charge >= 0.3 is 0 Å². The van der Waals surface area contributed by atoms with Crippen molar-refractivity contribution < 1.29 is 13.6 Å². The van der Waals surface area contributed by atoms with Crippen molar-refractivity contribution >= 4 is 11.6 Å². The summed E-state index contributed by atoms with van der Waals surface area (Å²) < 4.78 is 26.5. The first-order valence-corrected chi connectivity index (χ1v) is 6.22. The maximum absolute atomic E-state index is 13.2. The zero-order valence-electron chi connectivity index (χ0n) is 10.4. The highest BCUT2D eigenvalue weighted by Gasteiger charge is 2.39. The van der Waals surface area contributed by atoms with Crippen molar-refractivity contribution in [3.05, 3.63) is 29.8 Å². The molecule has 0 unspecified atom stereocenters. The van der Waals surface area contributed by atoms with E-state index >= 15 is 0 Å². The lowest BCUT2D eigenvalue weighted by atomic mass is 9.86. The second-order valence-corrected chi connectivity index (χ2v) is 5.01. The molecule has 0 radical (unpaired) electrons. The molecule has 0 aliphatic heterocycles. The summed E-state index contributed by atoms with van der Waals surface area (Å²) in [6, 6.07) is 7.36. The van der Waals surface area contributed by atoms with Crippen LogP contribution in [0.5, 0.6) is 0 Å². The lowest BCUT2D eigenvalue weighted by Gasteiger charge is -2.28. The van der Waals surface area contributed by atoms with Gasteiger partial charge < -0.3 is 5.32 Å². The fraction of sp³-hybridized carbons (Fsp3) is 0.500. The third kappa shape index (κ3) is 3.28. The van der Waals surface area contributed by atoms with E-state index in [1.54, 1.807) is 6.07 Å². The summed E-state index contributed by atoms with van der Waals surface area (Å²) in [4.78, 5) is 11.9. The number of amides is 1. The van der Waals surface area contributed by atoms with E-state index in [1.807, 2.05) is 25.1 Å². The quantitative estimate of drug-likeness (QED) is 0.854. The van der Waals surface area contributed by atoms with Gasteiger partial charge in [-0.25, -0.2) is 8.78 Å². The number of nitrogens with one attached hydrogen (secondary N) is 1. The summed E-state index contributed by atoms with van der Waals surface area (Å²) in [6.45, 7) is 1.92. The number of rotatable bonds is 2. The maximum atomic E-state index is 13.2. The van der Waals surface area contributed by atoms with Gasteiger partial charge in [0.1, 0.15) is 0 Å². The second-order valence-electron chi connectivity index (χ2n) is 5.01. The van der Waals surface area contributed by atoms with Gasteiger partial charge in [0.05, 0.1) is 0 Å². The number of alkyl halides is 2. The first-order valence-electron chi connectivity index (χ1n) is 6.22. The fourth-order valence-electron chi connectivity index (χ4n) is 2.36. The van der Waals surface area contributed by atoms with Crippen LogP contribution in [0.4, 0.5) is 14.5 Å². The van der Waals surface area contributed by atoms with Gasteiger partial charge in [-0.1, -0.05) is 12.1 Å². The second kappa shape index (κ2) is 5.04. The Labute approximate surface area is 105 Å². The van der Waals surface area contributed by atoms with Crippen LogP contribution < -0.4 is 5.32 Å². The Morgan fingerprint density at radius 1 is 1.44 bits per heavy atom. The van der Waals surface area contributed by atoms with Gasteiger partial charge in [-0.15, -0.1) is 0 Å².